The predicted molar refractivity (Wildman–Crippen MR) is 160 cm³/mol. The zero-order valence-electron chi connectivity index (χ0n) is 26.6. The van der Waals surface area contributed by atoms with Crippen LogP contribution in [0.1, 0.15) is 51.9 Å². The van der Waals surface area contributed by atoms with Gasteiger partial charge in [0.2, 0.25) is 0 Å². The van der Waals surface area contributed by atoms with Crippen LogP contribution in [0.4, 0.5) is 0 Å². The second kappa shape index (κ2) is 38.1. The molecule has 0 spiro atoms. The van der Waals surface area contributed by atoms with Gasteiger partial charge in [-0.25, -0.2) is 0 Å². The topological polar surface area (TPSA) is 121 Å². The molecule has 0 aromatic heterocycles. The molecule has 12 nitrogen and oxygen atoms in total. The maximum atomic E-state index is 11.6. The zero-order valence-corrected chi connectivity index (χ0v) is 26.6. The van der Waals surface area contributed by atoms with E-state index in [-0.39, 0.29) is 12.6 Å². The first-order valence-corrected chi connectivity index (χ1v) is 15.8. The number of esters is 1. The number of unbranched alkanes of at least 4 members (excludes halogenated alkanes) is 5. The second-order valence-electron chi connectivity index (χ2n) is 9.35. The standard InChI is InChI=1S/C30H61NO11/c1-3-4-5-6-7-8-9-30(32)42-29-28-41-27-26-40-25-24-39-23-22-38-21-20-37-19-18-36-17-16-35-15-14-34-13-12-33-11-10-31-2/h31H,3-29H2,1-2H3. The average Bonchev–Trinajstić information content (AvgIpc) is 3.00. The fraction of sp³-hybridized carbons (Fsp3) is 0.967. The first kappa shape index (κ1) is 41.1. The van der Waals surface area contributed by atoms with Gasteiger partial charge in [-0.2, -0.15) is 0 Å². The fourth-order valence-electron chi connectivity index (χ4n) is 3.37. The van der Waals surface area contributed by atoms with Crippen molar-refractivity contribution in [1.82, 2.24) is 5.32 Å². The van der Waals surface area contributed by atoms with Gasteiger partial charge < -0.3 is 52.7 Å². The smallest absolute Gasteiger partial charge is 0.305 e. The summed E-state index contributed by atoms with van der Waals surface area (Å²) in [6, 6.07) is 0. The van der Waals surface area contributed by atoms with E-state index in [1.54, 1.807) is 0 Å². The van der Waals surface area contributed by atoms with Crippen LogP contribution in [0.3, 0.4) is 0 Å². The molecule has 0 unspecified atom stereocenters. The van der Waals surface area contributed by atoms with Crippen LogP contribution in [0.5, 0.6) is 0 Å². The van der Waals surface area contributed by atoms with Gasteiger partial charge in [-0.15, -0.1) is 0 Å². The Morgan fingerprint density at radius 1 is 0.429 bits per heavy atom. The van der Waals surface area contributed by atoms with Crippen molar-refractivity contribution in [3.05, 3.63) is 0 Å². The Balaban J connectivity index is 3.09. The minimum Gasteiger partial charge on any atom is -0.463 e. The van der Waals surface area contributed by atoms with E-state index in [2.05, 4.69) is 12.2 Å². The van der Waals surface area contributed by atoms with Crippen molar-refractivity contribution in [2.24, 2.45) is 0 Å². The molecule has 0 rings (SSSR count). The average molecular weight is 612 g/mol. The second-order valence-corrected chi connectivity index (χ2v) is 9.35. The highest BCUT2D eigenvalue weighted by Crippen LogP contribution is 2.07. The largest absolute Gasteiger partial charge is 0.463 e. The van der Waals surface area contributed by atoms with E-state index < -0.39 is 0 Å². The summed E-state index contributed by atoms with van der Waals surface area (Å²) in [5.41, 5.74) is 0. The molecule has 0 aliphatic heterocycles. The fourth-order valence-corrected chi connectivity index (χ4v) is 3.37. The molecule has 0 aromatic carbocycles. The highest BCUT2D eigenvalue weighted by Gasteiger charge is 2.02. The maximum absolute atomic E-state index is 11.6. The summed E-state index contributed by atoms with van der Waals surface area (Å²) in [6.45, 7) is 12.7. The van der Waals surface area contributed by atoms with E-state index in [9.17, 15) is 4.79 Å². The zero-order chi connectivity index (χ0) is 30.4. The lowest BCUT2D eigenvalue weighted by Crippen LogP contribution is -2.17. The molecule has 0 bridgehead atoms. The molecule has 12 heteroatoms. The van der Waals surface area contributed by atoms with Gasteiger partial charge in [-0.05, 0) is 13.5 Å². The summed E-state index contributed by atoms with van der Waals surface area (Å²) in [7, 11) is 1.89. The van der Waals surface area contributed by atoms with Gasteiger partial charge in [0.25, 0.3) is 0 Å². The van der Waals surface area contributed by atoms with Gasteiger partial charge in [0.1, 0.15) is 6.61 Å². The summed E-state index contributed by atoms with van der Waals surface area (Å²) >= 11 is 0. The SMILES string of the molecule is CCCCCCCCC(=O)OCCOCCOCCOCCOCCOCCOCCOCCOCCOCCNC. The predicted octanol–water partition coefficient (Wildman–Crippen LogP) is 2.65. The van der Waals surface area contributed by atoms with Gasteiger partial charge in [0, 0.05) is 13.0 Å². The van der Waals surface area contributed by atoms with E-state index in [1.807, 2.05) is 7.05 Å². The van der Waals surface area contributed by atoms with Crippen LogP contribution in [0.25, 0.3) is 0 Å². The van der Waals surface area contributed by atoms with Crippen molar-refractivity contribution in [3.63, 3.8) is 0 Å². The third-order valence-electron chi connectivity index (χ3n) is 5.70. The summed E-state index contributed by atoms with van der Waals surface area (Å²) in [4.78, 5) is 11.6. The lowest BCUT2D eigenvalue weighted by atomic mass is 10.1. The molecule has 0 radical (unpaired) electrons. The summed E-state index contributed by atoms with van der Waals surface area (Å²) in [5.74, 6) is -0.141. The van der Waals surface area contributed by atoms with Crippen LogP contribution in [-0.2, 0) is 52.2 Å². The van der Waals surface area contributed by atoms with Crippen molar-refractivity contribution in [2.75, 3.05) is 139 Å². The van der Waals surface area contributed by atoms with Crippen LogP contribution < -0.4 is 5.32 Å². The van der Waals surface area contributed by atoms with Gasteiger partial charge >= 0.3 is 5.97 Å². The van der Waals surface area contributed by atoms with Crippen molar-refractivity contribution >= 4 is 5.97 Å². The molecule has 0 atom stereocenters. The Hall–Kier alpha value is -0.930. The minimum absolute atomic E-state index is 0.141. The van der Waals surface area contributed by atoms with Crippen LogP contribution >= 0.6 is 0 Å². The van der Waals surface area contributed by atoms with Crippen molar-refractivity contribution in [1.29, 1.82) is 0 Å². The van der Waals surface area contributed by atoms with Gasteiger partial charge in [0.05, 0.1) is 119 Å². The van der Waals surface area contributed by atoms with Crippen LogP contribution in [-0.4, -0.2) is 145 Å². The molecular formula is C30H61NO11. The number of hydrogen-bond donors (Lipinski definition) is 1. The number of ether oxygens (including phenoxy) is 10. The van der Waals surface area contributed by atoms with E-state index >= 15 is 0 Å². The minimum atomic E-state index is -0.141. The maximum Gasteiger partial charge on any atom is 0.305 e. The normalized spacial score (nSPS) is 11.4. The summed E-state index contributed by atoms with van der Waals surface area (Å²) < 4.78 is 54.1. The number of carbonyl (C=O) groups excluding carboxylic acids is 1. The lowest BCUT2D eigenvalue weighted by molar-refractivity contribution is -0.145. The number of hydrogen-bond acceptors (Lipinski definition) is 12. The monoisotopic (exact) mass is 611 g/mol. The van der Waals surface area contributed by atoms with Gasteiger partial charge in [-0.3, -0.25) is 4.79 Å². The molecule has 252 valence electrons. The molecule has 0 saturated carbocycles. The highest BCUT2D eigenvalue weighted by molar-refractivity contribution is 5.69. The Bertz CT molecular complexity index is 518. The first-order valence-electron chi connectivity index (χ1n) is 15.8. The lowest BCUT2D eigenvalue weighted by Gasteiger charge is -2.09. The van der Waals surface area contributed by atoms with E-state index in [4.69, 9.17) is 47.4 Å². The van der Waals surface area contributed by atoms with E-state index in [0.29, 0.717) is 125 Å². The number of likely N-dealkylation sites (N-methyl/N-ethyl adjacent to an activating group) is 1. The first-order chi connectivity index (χ1) is 20.8. The molecule has 0 aliphatic rings. The highest BCUT2D eigenvalue weighted by atomic mass is 16.6. The molecule has 1 N–H and O–H groups in total. The van der Waals surface area contributed by atoms with E-state index in [0.717, 1.165) is 19.4 Å². The van der Waals surface area contributed by atoms with Crippen molar-refractivity contribution < 1.29 is 52.2 Å². The molecule has 0 fully saturated rings. The van der Waals surface area contributed by atoms with Crippen LogP contribution in [0.2, 0.25) is 0 Å². The van der Waals surface area contributed by atoms with Crippen molar-refractivity contribution in [2.45, 2.75) is 51.9 Å². The number of carbonyl (C=O) groups is 1. The number of rotatable bonds is 37. The van der Waals surface area contributed by atoms with Crippen LogP contribution in [0, 0.1) is 0 Å². The molecule has 0 saturated heterocycles. The van der Waals surface area contributed by atoms with Crippen LogP contribution in [0.15, 0.2) is 0 Å². The van der Waals surface area contributed by atoms with Crippen molar-refractivity contribution in [3.8, 4) is 0 Å². The van der Waals surface area contributed by atoms with Gasteiger partial charge in [-0.1, -0.05) is 39.0 Å². The Morgan fingerprint density at radius 2 is 0.738 bits per heavy atom. The molecular weight excluding hydrogens is 550 g/mol. The Kier molecular flexibility index (Phi) is 37.3. The summed E-state index contributed by atoms with van der Waals surface area (Å²) in [6.07, 6.45) is 7.44. The molecule has 0 amide bonds. The molecule has 0 aromatic rings. The summed E-state index contributed by atoms with van der Waals surface area (Å²) in [5, 5.41) is 3.02. The Morgan fingerprint density at radius 3 is 1.10 bits per heavy atom. The molecule has 42 heavy (non-hydrogen) atoms. The molecule has 0 heterocycles. The third-order valence-corrected chi connectivity index (χ3v) is 5.70. The third kappa shape index (κ3) is 37.1. The Labute approximate surface area is 254 Å². The quantitative estimate of drug-likeness (QED) is 0.0821. The van der Waals surface area contributed by atoms with Gasteiger partial charge in [0.15, 0.2) is 0 Å². The molecule has 0 aliphatic carbocycles. The number of nitrogens with one attached hydrogen (secondary N) is 1. The van der Waals surface area contributed by atoms with E-state index in [1.165, 1.54) is 25.7 Å².